The standard InChI is InChI=1S/C12H16N4O/c1-3-13-7-10-5-4-6-12(15-10)17-11-8-14-16(2)9-11/h4-6,8-9,13H,3,7H2,1-2H3. The molecule has 0 spiro atoms. The summed E-state index contributed by atoms with van der Waals surface area (Å²) in [4.78, 5) is 4.39. The van der Waals surface area contributed by atoms with Gasteiger partial charge in [-0.3, -0.25) is 4.68 Å². The van der Waals surface area contributed by atoms with Gasteiger partial charge in [-0.2, -0.15) is 5.10 Å². The highest BCUT2D eigenvalue weighted by Gasteiger charge is 2.02. The Morgan fingerprint density at radius 2 is 2.29 bits per heavy atom. The van der Waals surface area contributed by atoms with E-state index < -0.39 is 0 Å². The summed E-state index contributed by atoms with van der Waals surface area (Å²) in [6, 6.07) is 5.74. The molecule has 1 N–H and O–H groups in total. The zero-order chi connectivity index (χ0) is 12.1. The van der Waals surface area contributed by atoms with E-state index in [1.807, 2.05) is 25.2 Å². The predicted molar refractivity (Wildman–Crippen MR) is 64.9 cm³/mol. The number of ether oxygens (including phenoxy) is 1. The maximum Gasteiger partial charge on any atom is 0.219 e. The molecule has 2 rings (SSSR count). The smallest absolute Gasteiger partial charge is 0.219 e. The number of pyridine rings is 1. The molecule has 0 bridgehead atoms. The summed E-state index contributed by atoms with van der Waals surface area (Å²) in [5.41, 5.74) is 0.966. The first-order chi connectivity index (χ1) is 8.28. The SMILES string of the molecule is CCNCc1cccc(Oc2cnn(C)c2)n1. The van der Waals surface area contributed by atoms with Crippen LogP contribution in [0.2, 0.25) is 0 Å². The molecular weight excluding hydrogens is 216 g/mol. The normalized spacial score (nSPS) is 10.5. The molecule has 0 fully saturated rings. The maximum absolute atomic E-state index is 5.60. The van der Waals surface area contributed by atoms with Gasteiger partial charge in [-0.15, -0.1) is 0 Å². The Hall–Kier alpha value is -1.88. The van der Waals surface area contributed by atoms with Crippen molar-refractivity contribution >= 4 is 0 Å². The molecule has 17 heavy (non-hydrogen) atoms. The van der Waals surface area contributed by atoms with Gasteiger partial charge in [0.25, 0.3) is 0 Å². The number of hydrogen-bond acceptors (Lipinski definition) is 4. The number of rotatable bonds is 5. The number of aryl methyl sites for hydroxylation is 1. The van der Waals surface area contributed by atoms with Gasteiger partial charge in [-0.25, -0.2) is 4.98 Å². The van der Waals surface area contributed by atoms with Crippen molar-refractivity contribution in [2.75, 3.05) is 6.54 Å². The van der Waals surface area contributed by atoms with Crippen LogP contribution in [0.15, 0.2) is 30.6 Å². The molecule has 5 heteroatoms. The van der Waals surface area contributed by atoms with Crippen LogP contribution in [0.1, 0.15) is 12.6 Å². The number of hydrogen-bond donors (Lipinski definition) is 1. The molecule has 0 radical (unpaired) electrons. The minimum absolute atomic E-state index is 0.591. The van der Waals surface area contributed by atoms with E-state index in [1.165, 1.54) is 0 Å². The Morgan fingerprint density at radius 3 is 3.00 bits per heavy atom. The van der Waals surface area contributed by atoms with Gasteiger partial charge < -0.3 is 10.1 Å². The number of nitrogens with zero attached hydrogens (tertiary/aromatic N) is 3. The molecule has 2 aromatic rings. The lowest BCUT2D eigenvalue weighted by Crippen LogP contribution is -2.12. The second-order valence-electron chi connectivity index (χ2n) is 3.70. The Balaban J connectivity index is 2.05. The number of aromatic nitrogens is 3. The van der Waals surface area contributed by atoms with Crippen LogP contribution in [0.5, 0.6) is 11.6 Å². The second kappa shape index (κ2) is 5.45. The van der Waals surface area contributed by atoms with E-state index >= 15 is 0 Å². The summed E-state index contributed by atoms with van der Waals surface area (Å²) in [5.74, 6) is 1.29. The third kappa shape index (κ3) is 3.29. The fourth-order valence-electron chi connectivity index (χ4n) is 1.44. The third-order valence-corrected chi connectivity index (χ3v) is 2.24. The van der Waals surface area contributed by atoms with Crippen LogP contribution in [0.25, 0.3) is 0 Å². The summed E-state index contributed by atoms with van der Waals surface area (Å²) in [7, 11) is 1.85. The van der Waals surface area contributed by atoms with Crippen LogP contribution >= 0.6 is 0 Å². The summed E-state index contributed by atoms with van der Waals surface area (Å²) in [6.45, 7) is 3.74. The van der Waals surface area contributed by atoms with Crippen molar-refractivity contribution in [3.05, 3.63) is 36.3 Å². The minimum atomic E-state index is 0.591. The summed E-state index contributed by atoms with van der Waals surface area (Å²) in [6.07, 6.45) is 3.47. The number of nitrogens with one attached hydrogen (secondary N) is 1. The first-order valence-electron chi connectivity index (χ1n) is 5.61. The average molecular weight is 232 g/mol. The zero-order valence-corrected chi connectivity index (χ0v) is 10.1. The van der Waals surface area contributed by atoms with Gasteiger partial charge in [0.05, 0.1) is 18.1 Å². The fourth-order valence-corrected chi connectivity index (χ4v) is 1.44. The molecule has 0 atom stereocenters. The molecule has 2 heterocycles. The fraction of sp³-hybridized carbons (Fsp3) is 0.333. The largest absolute Gasteiger partial charge is 0.436 e. The van der Waals surface area contributed by atoms with Crippen molar-refractivity contribution in [3.8, 4) is 11.6 Å². The molecule has 0 saturated carbocycles. The molecule has 5 nitrogen and oxygen atoms in total. The van der Waals surface area contributed by atoms with E-state index in [0.717, 1.165) is 18.8 Å². The Kier molecular flexibility index (Phi) is 3.72. The molecule has 90 valence electrons. The molecule has 0 saturated heterocycles. The van der Waals surface area contributed by atoms with Gasteiger partial charge >= 0.3 is 0 Å². The van der Waals surface area contributed by atoms with E-state index in [-0.39, 0.29) is 0 Å². The minimum Gasteiger partial charge on any atom is -0.436 e. The molecule has 0 amide bonds. The quantitative estimate of drug-likeness (QED) is 0.852. The first kappa shape index (κ1) is 11.6. The van der Waals surface area contributed by atoms with Gasteiger partial charge in [0.2, 0.25) is 5.88 Å². The lowest BCUT2D eigenvalue weighted by molar-refractivity contribution is 0.459. The second-order valence-corrected chi connectivity index (χ2v) is 3.70. The van der Waals surface area contributed by atoms with Crippen LogP contribution in [-0.2, 0) is 13.6 Å². The Labute approximate surface area is 100 Å². The molecule has 0 aliphatic heterocycles. The zero-order valence-electron chi connectivity index (χ0n) is 10.1. The van der Waals surface area contributed by atoms with Crippen molar-refractivity contribution in [1.82, 2.24) is 20.1 Å². The van der Waals surface area contributed by atoms with Crippen LogP contribution < -0.4 is 10.1 Å². The lowest BCUT2D eigenvalue weighted by atomic mass is 10.3. The van der Waals surface area contributed by atoms with Crippen molar-refractivity contribution in [1.29, 1.82) is 0 Å². The Morgan fingerprint density at radius 1 is 1.41 bits per heavy atom. The van der Waals surface area contributed by atoms with Crippen LogP contribution in [-0.4, -0.2) is 21.3 Å². The predicted octanol–water partition coefficient (Wildman–Crippen LogP) is 1.72. The molecule has 0 aliphatic rings. The highest BCUT2D eigenvalue weighted by atomic mass is 16.5. The summed E-state index contributed by atoms with van der Waals surface area (Å²) in [5, 5.41) is 7.26. The lowest BCUT2D eigenvalue weighted by Gasteiger charge is -2.05. The highest BCUT2D eigenvalue weighted by molar-refractivity contribution is 5.23. The van der Waals surface area contributed by atoms with E-state index in [4.69, 9.17) is 4.74 Å². The average Bonchev–Trinajstić information content (AvgIpc) is 2.73. The van der Waals surface area contributed by atoms with Crippen LogP contribution in [0.3, 0.4) is 0 Å². The maximum atomic E-state index is 5.60. The third-order valence-electron chi connectivity index (χ3n) is 2.24. The van der Waals surface area contributed by atoms with Crippen molar-refractivity contribution < 1.29 is 4.74 Å². The van der Waals surface area contributed by atoms with E-state index in [2.05, 4.69) is 22.3 Å². The van der Waals surface area contributed by atoms with E-state index in [1.54, 1.807) is 17.1 Å². The van der Waals surface area contributed by atoms with Gasteiger partial charge in [-0.1, -0.05) is 13.0 Å². The summed E-state index contributed by atoms with van der Waals surface area (Å²) >= 11 is 0. The van der Waals surface area contributed by atoms with E-state index in [0.29, 0.717) is 11.6 Å². The van der Waals surface area contributed by atoms with Gasteiger partial charge in [0.15, 0.2) is 5.75 Å². The molecular formula is C12H16N4O. The monoisotopic (exact) mass is 232 g/mol. The first-order valence-corrected chi connectivity index (χ1v) is 5.61. The molecule has 0 aromatic carbocycles. The highest BCUT2D eigenvalue weighted by Crippen LogP contribution is 2.18. The van der Waals surface area contributed by atoms with Crippen molar-refractivity contribution in [3.63, 3.8) is 0 Å². The van der Waals surface area contributed by atoms with Gasteiger partial charge in [0, 0.05) is 19.7 Å². The summed E-state index contributed by atoms with van der Waals surface area (Å²) < 4.78 is 7.29. The van der Waals surface area contributed by atoms with Crippen LogP contribution in [0, 0.1) is 0 Å². The van der Waals surface area contributed by atoms with Crippen molar-refractivity contribution in [2.45, 2.75) is 13.5 Å². The molecule has 0 aliphatic carbocycles. The molecule has 2 aromatic heterocycles. The van der Waals surface area contributed by atoms with Crippen molar-refractivity contribution in [2.24, 2.45) is 7.05 Å². The Bertz CT molecular complexity index is 481. The van der Waals surface area contributed by atoms with Crippen LogP contribution in [0.4, 0.5) is 0 Å². The van der Waals surface area contributed by atoms with Gasteiger partial charge in [0.1, 0.15) is 0 Å². The topological polar surface area (TPSA) is 52.0 Å². The molecule has 0 unspecified atom stereocenters. The van der Waals surface area contributed by atoms with E-state index in [9.17, 15) is 0 Å². The van der Waals surface area contributed by atoms with Gasteiger partial charge in [-0.05, 0) is 12.6 Å².